The number of thiazole rings is 1. The number of hydrogen-bond donors (Lipinski definition) is 1. The van der Waals surface area contributed by atoms with Crippen molar-refractivity contribution in [3.05, 3.63) is 21.7 Å². The van der Waals surface area contributed by atoms with E-state index in [1.54, 1.807) is 11.6 Å². The zero-order valence-corrected chi connectivity index (χ0v) is 10.9. The molecule has 1 unspecified atom stereocenters. The average Bonchev–Trinajstić information content (AvgIpc) is 2.85. The third kappa shape index (κ3) is 2.29. The van der Waals surface area contributed by atoms with Crippen molar-refractivity contribution in [3.8, 4) is 5.88 Å². The van der Waals surface area contributed by atoms with E-state index in [2.05, 4.69) is 4.98 Å². The largest absolute Gasteiger partial charge is 0.470 e. The lowest BCUT2D eigenvalue weighted by atomic mass is 10.0. The van der Waals surface area contributed by atoms with Crippen molar-refractivity contribution in [2.24, 2.45) is 5.73 Å². The molecule has 0 fully saturated rings. The van der Waals surface area contributed by atoms with E-state index in [-0.39, 0.29) is 18.3 Å². The van der Waals surface area contributed by atoms with Crippen LogP contribution in [0, 0.1) is 10.1 Å². The molecule has 0 saturated carbocycles. The van der Waals surface area contributed by atoms with Gasteiger partial charge in [0.05, 0.1) is 0 Å². The summed E-state index contributed by atoms with van der Waals surface area (Å²) in [6, 6.07) is 0. The lowest BCUT2D eigenvalue weighted by Crippen LogP contribution is -2.41. The highest BCUT2D eigenvalue weighted by molar-refractivity contribution is 7.15. The van der Waals surface area contributed by atoms with Crippen molar-refractivity contribution >= 4 is 22.1 Å². The molecule has 0 aliphatic rings. The van der Waals surface area contributed by atoms with Gasteiger partial charge >= 0.3 is 11.7 Å². The molecule has 0 bridgehead atoms. The summed E-state index contributed by atoms with van der Waals surface area (Å²) in [5.41, 5.74) is 5.41. The van der Waals surface area contributed by atoms with Crippen LogP contribution in [0.25, 0.3) is 4.96 Å². The SMILES string of the molecule is CCC(C)(N)COc1nc2sccn2c1[N+](=O)[O-]. The minimum absolute atomic E-state index is 0.0250. The zero-order valence-electron chi connectivity index (χ0n) is 10.1. The molecule has 2 N–H and O–H groups in total. The Morgan fingerprint density at radius 1 is 1.72 bits per heavy atom. The van der Waals surface area contributed by atoms with E-state index in [1.165, 1.54) is 15.7 Å². The number of hydrogen-bond acceptors (Lipinski definition) is 6. The van der Waals surface area contributed by atoms with Crippen molar-refractivity contribution in [2.75, 3.05) is 6.61 Å². The maximum atomic E-state index is 11.0. The van der Waals surface area contributed by atoms with Crippen molar-refractivity contribution in [1.29, 1.82) is 0 Å². The Labute approximate surface area is 107 Å². The van der Waals surface area contributed by atoms with Crippen LogP contribution in [0.3, 0.4) is 0 Å². The fourth-order valence-electron chi connectivity index (χ4n) is 1.35. The molecule has 18 heavy (non-hydrogen) atoms. The molecular formula is C10H14N4O3S. The summed E-state index contributed by atoms with van der Waals surface area (Å²) in [7, 11) is 0. The molecule has 8 heteroatoms. The highest BCUT2D eigenvalue weighted by Crippen LogP contribution is 2.30. The molecule has 98 valence electrons. The van der Waals surface area contributed by atoms with Gasteiger partial charge in [-0.25, -0.2) is 0 Å². The summed E-state index contributed by atoms with van der Waals surface area (Å²) in [5.74, 6) is -0.130. The normalized spacial score (nSPS) is 14.6. The molecule has 0 amide bonds. The Hall–Kier alpha value is -1.67. The number of rotatable bonds is 5. The van der Waals surface area contributed by atoms with Crippen LogP contribution in [0.5, 0.6) is 5.88 Å². The minimum Gasteiger partial charge on any atom is -0.470 e. The zero-order chi connectivity index (χ0) is 13.3. The first-order chi connectivity index (χ1) is 8.44. The number of nitrogens with two attached hydrogens (primary N) is 1. The molecule has 0 aromatic carbocycles. The number of ether oxygens (including phenoxy) is 1. The van der Waals surface area contributed by atoms with Gasteiger partial charge in [-0.3, -0.25) is 0 Å². The third-order valence-electron chi connectivity index (χ3n) is 2.73. The fraction of sp³-hybridized carbons (Fsp3) is 0.500. The van der Waals surface area contributed by atoms with E-state index < -0.39 is 10.5 Å². The third-order valence-corrected chi connectivity index (χ3v) is 3.48. The summed E-state index contributed by atoms with van der Waals surface area (Å²) in [4.78, 5) is 15.2. The molecule has 1 atom stereocenters. The molecule has 2 aromatic heterocycles. The first kappa shape index (κ1) is 12.8. The maximum absolute atomic E-state index is 11.0. The Kier molecular flexibility index (Phi) is 3.22. The van der Waals surface area contributed by atoms with Crippen LogP contribution in [0.2, 0.25) is 0 Å². The molecule has 0 saturated heterocycles. The lowest BCUT2D eigenvalue weighted by molar-refractivity contribution is -0.391. The van der Waals surface area contributed by atoms with Gasteiger partial charge in [0.2, 0.25) is 0 Å². The molecule has 7 nitrogen and oxygen atoms in total. The molecular weight excluding hydrogens is 256 g/mol. The highest BCUT2D eigenvalue weighted by atomic mass is 32.1. The number of nitro groups is 1. The monoisotopic (exact) mass is 270 g/mol. The van der Waals surface area contributed by atoms with Gasteiger partial charge in [-0.1, -0.05) is 18.3 Å². The summed E-state index contributed by atoms with van der Waals surface area (Å²) < 4.78 is 6.81. The van der Waals surface area contributed by atoms with Crippen molar-refractivity contribution in [2.45, 2.75) is 25.8 Å². The Morgan fingerprint density at radius 3 is 3.06 bits per heavy atom. The second-order valence-electron chi connectivity index (χ2n) is 4.35. The molecule has 0 spiro atoms. The van der Waals surface area contributed by atoms with Gasteiger partial charge in [0, 0.05) is 10.9 Å². The summed E-state index contributed by atoms with van der Waals surface area (Å²) in [5, 5.41) is 12.8. The van der Waals surface area contributed by atoms with Crippen LogP contribution in [0.4, 0.5) is 5.82 Å². The van der Waals surface area contributed by atoms with Gasteiger partial charge in [-0.15, -0.1) is 0 Å². The van der Waals surface area contributed by atoms with Gasteiger partial charge in [0.15, 0.2) is 0 Å². The number of nitrogens with zero attached hydrogens (tertiary/aromatic N) is 3. The Bertz CT molecular complexity index is 575. The summed E-state index contributed by atoms with van der Waals surface area (Å²) in [6.07, 6.45) is 2.31. The second-order valence-corrected chi connectivity index (χ2v) is 5.22. The molecule has 0 aliphatic heterocycles. The fourth-order valence-corrected chi connectivity index (χ4v) is 2.05. The second kappa shape index (κ2) is 4.54. The van der Waals surface area contributed by atoms with Gasteiger partial charge in [-0.05, 0) is 18.3 Å². The van der Waals surface area contributed by atoms with Gasteiger partial charge in [-0.2, -0.15) is 9.38 Å². The minimum atomic E-state index is -0.523. The average molecular weight is 270 g/mol. The van der Waals surface area contributed by atoms with Crippen molar-refractivity contribution in [1.82, 2.24) is 9.38 Å². The topological polar surface area (TPSA) is 95.7 Å². The van der Waals surface area contributed by atoms with E-state index in [4.69, 9.17) is 10.5 Å². The Morgan fingerprint density at radius 2 is 2.44 bits per heavy atom. The molecule has 0 aliphatic carbocycles. The summed E-state index contributed by atoms with van der Waals surface area (Å²) >= 11 is 1.31. The lowest BCUT2D eigenvalue weighted by Gasteiger charge is -2.21. The van der Waals surface area contributed by atoms with Crippen molar-refractivity contribution < 1.29 is 9.66 Å². The van der Waals surface area contributed by atoms with Crippen LogP contribution in [-0.2, 0) is 0 Å². The maximum Gasteiger partial charge on any atom is 0.393 e. The van der Waals surface area contributed by atoms with E-state index in [0.29, 0.717) is 11.4 Å². The first-order valence-corrected chi connectivity index (χ1v) is 6.34. The predicted octanol–water partition coefficient (Wildman–Crippen LogP) is 1.81. The quantitative estimate of drug-likeness (QED) is 0.660. The van der Waals surface area contributed by atoms with Gasteiger partial charge < -0.3 is 20.6 Å². The summed E-state index contributed by atoms with van der Waals surface area (Å²) in [6.45, 7) is 3.95. The van der Waals surface area contributed by atoms with E-state index in [1.807, 2.05) is 13.8 Å². The van der Waals surface area contributed by atoms with Crippen molar-refractivity contribution in [3.63, 3.8) is 0 Å². The van der Waals surface area contributed by atoms with Gasteiger partial charge in [0.1, 0.15) is 12.8 Å². The standard InChI is InChI=1S/C10H14N4O3S/c1-3-10(2,11)6-17-7-8(14(15)16)13-4-5-18-9(13)12-7/h4-5H,3,6,11H2,1-2H3. The Balaban J connectivity index is 2.30. The van der Waals surface area contributed by atoms with Crippen LogP contribution < -0.4 is 10.5 Å². The van der Waals surface area contributed by atoms with E-state index in [0.717, 1.165) is 0 Å². The van der Waals surface area contributed by atoms with E-state index >= 15 is 0 Å². The number of aromatic nitrogens is 2. The number of imidazole rings is 1. The van der Waals surface area contributed by atoms with E-state index in [9.17, 15) is 10.1 Å². The number of fused-ring (bicyclic) bond motifs is 1. The highest BCUT2D eigenvalue weighted by Gasteiger charge is 2.27. The van der Waals surface area contributed by atoms with Gasteiger partial charge in [0.25, 0.3) is 4.96 Å². The van der Waals surface area contributed by atoms with Crippen LogP contribution >= 0.6 is 11.3 Å². The molecule has 2 heterocycles. The predicted molar refractivity (Wildman–Crippen MR) is 68.1 cm³/mol. The van der Waals surface area contributed by atoms with Crippen LogP contribution in [0.1, 0.15) is 20.3 Å². The van der Waals surface area contributed by atoms with Crippen LogP contribution in [-0.4, -0.2) is 26.5 Å². The molecule has 2 aromatic rings. The smallest absolute Gasteiger partial charge is 0.393 e. The first-order valence-electron chi connectivity index (χ1n) is 5.46. The molecule has 0 radical (unpaired) electrons. The van der Waals surface area contributed by atoms with Crippen LogP contribution in [0.15, 0.2) is 11.6 Å². The molecule has 2 rings (SSSR count).